The first kappa shape index (κ1) is 11.2. The molecule has 2 heteroatoms. The summed E-state index contributed by atoms with van der Waals surface area (Å²) in [6.45, 7) is 4.07. The molecule has 1 aromatic carbocycles. The molecular formula is C14H20N2. The van der Waals surface area contributed by atoms with E-state index in [4.69, 9.17) is 5.73 Å². The average molecular weight is 216 g/mol. The Morgan fingerprint density at radius 2 is 2.12 bits per heavy atom. The topological polar surface area (TPSA) is 30.9 Å². The van der Waals surface area contributed by atoms with Crippen LogP contribution in [0.3, 0.4) is 0 Å². The maximum atomic E-state index is 5.59. The molecule has 0 amide bonds. The van der Waals surface area contributed by atoms with Crippen LogP contribution in [0, 0.1) is 0 Å². The van der Waals surface area contributed by atoms with E-state index in [0.717, 1.165) is 19.5 Å². The Hall–Kier alpha value is -1.28. The summed E-state index contributed by atoms with van der Waals surface area (Å²) in [6, 6.07) is 8.84. The molecule has 0 unspecified atom stereocenters. The van der Waals surface area contributed by atoms with Crippen molar-refractivity contribution in [3.05, 3.63) is 36.0 Å². The van der Waals surface area contributed by atoms with Crippen molar-refractivity contribution >= 4 is 10.9 Å². The van der Waals surface area contributed by atoms with Gasteiger partial charge in [0.15, 0.2) is 0 Å². The highest BCUT2D eigenvalue weighted by Crippen LogP contribution is 2.18. The molecule has 86 valence electrons. The van der Waals surface area contributed by atoms with Crippen LogP contribution in [-0.4, -0.2) is 11.1 Å². The monoisotopic (exact) mass is 216 g/mol. The van der Waals surface area contributed by atoms with Crippen LogP contribution in [0.4, 0.5) is 0 Å². The molecule has 0 bridgehead atoms. The third-order valence-corrected chi connectivity index (χ3v) is 3.02. The van der Waals surface area contributed by atoms with Gasteiger partial charge in [0.05, 0.1) is 0 Å². The summed E-state index contributed by atoms with van der Waals surface area (Å²) in [5, 5.41) is 1.33. The molecule has 0 fully saturated rings. The SMILES string of the molecule is CCCCn1ccc2ccc(CCN)cc21. The Morgan fingerprint density at radius 3 is 2.88 bits per heavy atom. The molecule has 0 saturated heterocycles. The van der Waals surface area contributed by atoms with E-state index in [9.17, 15) is 0 Å². The van der Waals surface area contributed by atoms with Gasteiger partial charge in [-0.2, -0.15) is 0 Å². The van der Waals surface area contributed by atoms with Crippen molar-refractivity contribution in [3.63, 3.8) is 0 Å². The number of hydrogen-bond donors (Lipinski definition) is 1. The van der Waals surface area contributed by atoms with Crippen molar-refractivity contribution < 1.29 is 0 Å². The number of rotatable bonds is 5. The van der Waals surface area contributed by atoms with Gasteiger partial charge in [0, 0.05) is 18.3 Å². The molecule has 1 aromatic heterocycles. The van der Waals surface area contributed by atoms with Gasteiger partial charge in [0.1, 0.15) is 0 Å². The smallest absolute Gasteiger partial charge is 0.0483 e. The van der Waals surface area contributed by atoms with Gasteiger partial charge in [-0.1, -0.05) is 25.5 Å². The number of aryl methyl sites for hydroxylation is 1. The molecule has 0 spiro atoms. The maximum absolute atomic E-state index is 5.59. The normalized spacial score (nSPS) is 11.1. The highest BCUT2D eigenvalue weighted by Gasteiger charge is 2.01. The molecule has 0 aliphatic carbocycles. The summed E-state index contributed by atoms with van der Waals surface area (Å²) in [7, 11) is 0. The van der Waals surface area contributed by atoms with Crippen molar-refractivity contribution in [2.75, 3.05) is 6.54 Å². The summed E-state index contributed by atoms with van der Waals surface area (Å²) >= 11 is 0. The predicted molar refractivity (Wildman–Crippen MR) is 69.6 cm³/mol. The van der Waals surface area contributed by atoms with E-state index in [1.54, 1.807) is 0 Å². The molecule has 0 aliphatic heterocycles. The standard InChI is InChI=1S/C14H20N2/c1-2-3-9-16-10-7-13-5-4-12(6-8-15)11-14(13)16/h4-5,7,10-11H,2-3,6,8-9,15H2,1H3. The van der Waals surface area contributed by atoms with Crippen molar-refractivity contribution in [3.8, 4) is 0 Å². The molecule has 2 aromatic rings. The summed E-state index contributed by atoms with van der Waals surface area (Å²) < 4.78 is 2.35. The first-order chi connectivity index (χ1) is 7.85. The number of nitrogens with zero attached hydrogens (tertiary/aromatic N) is 1. The van der Waals surface area contributed by atoms with Crippen molar-refractivity contribution in [2.45, 2.75) is 32.7 Å². The zero-order valence-electron chi connectivity index (χ0n) is 9.95. The van der Waals surface area contributed by atoms with E-state index >= 15 is 0 Å². The molecule has 0 atom stereocenters. The number of nitrogens with two attached hydrogens (primary N) is 1. The van der Waals surface area contributed by atoms with Gasteiger partial charge in [-0.3, -0.25) is 0 Å². The highest BCUT2D eigenvalue weighted by atomic mass is 14.9. The van der Waals surface area contributed by atoms with Gasteiger partial charge in [0.25, 0.3) is 0 Å². The number of benzene rings is 1. The van der Waals surface area contributed by atoms with E-state index in [-0.39, 0.29) is 0 Å². The van der Waals surface area contributed by atoms with Crippen LogP contribution in [0.25, 0.3) is 10.9 Å². The first-order valence-electron chi connectivity index (χ1n) is 6.13. The van der Waals surface area contributed by atoms with Crippen LogP contribution in [0.1, 0.15) is 25.3 Å². The van der Waals surface area contributed by atoms with Crippen LogP contribution in [0.15, 0.2) is 30.5 Å². The number of aromatic nitrogens is 1. The van der Waals surface area contributed by atoms with Gasteiger partial charge in [0.2, 0.25) is 0 Å². The fraction of sp³-hybridized carbons (Fsp3) is 0.429. The summed E-state index contributed by atoms with van der Waals surface area (Å²) in [6.07, 6.45) is 5.63. The Labute approximate surface area is 97.1 Å². The van der Waals surface area contributed by atoms with Crippen LogP contribution >= 0.6 is 0 Å². The van der Waals surface area contributed by atoms with Crippen LogP contribution in [-0.2, 0) is 13.0 Å². The lowest BCUT2D eigenvalue weighted by molar-refractivity contribution is 0.650. The number of hydrogen-bond acceptors (Lipinski definition) is 1. The maximum Gasteiger partial charge on any atom is 0.0483 e. The first-order valence-corrected chi connectivity index (χ1v) is 6.13. The van der Waals surface area contributed by atoms with E-state index in [1.807, 2.05) is 0 Å². The van der Waals surface area contributed by atoms with Gasteiger partial charge in [-0.05, 0) is 42.5 Å². The predicted octanol–water partition coefficient (Wildman–Crippen LogP) is 2.94. The molecular weight excluding hydrogens is 196 g/mol. The zero-order valence-corrected chi connectivity index (χ0v) is 9.95. The lowest BCUT2D eigenvalue weighted by Crippen LogP contribution is -2.03. The minimum absolute atomic E-state index is 0.723. The second-order valence-electron chi connectivity index (χ2n) is 4.29. The quantitative estimate of drug-likeness (QED) is 0.818. The van der Waals surface area contributed by atoms with Gasteiger partial charge >= 0.3 is 0 Å². The summed E-state index contributed by atoms with van der Waals surface area (Å²) in [5.74, 6) is 0. The second kappa shape index (κ2) is 5.17. The number of unbranched alkanes of at least 4 members (excludes halogenated alkanes) is 1. The molecule has 0 radical (unpaired) electrons. The largest absolute Gasteiger partial charge is 0.347 e. The van der Waals surface area contributed by atoms with Crippen molar-refractivity contribution in [1.29, 1.82) is 0 Å². The molecule has 0 aliphatic rings. The third-order valence-electron chi connectivity index (χ3n) is 3.02. The Balaban J connectivity index is 2.31. The lowest BCUT2D eigenvalue weighted by Gasteiger charge is -2.05. The second-order valence-corrected chi connectivity index (χ2v) is 4.29. The molecule has 2 N–H and O–H groups in total. The van der Waals surface area contributed by atoms with Crippen LogP contribution in [0.5, 0.6) is 0 Å². The Morgan fingerprint density at radius 1 is 1.25 bits per heavy atom. The van der Waals surface area contributed by atoms with Crippen LogP contribution < -0.4 is 5.73 Å². The molecule has 16 heavy (non-hydrogen) atoms. The minimum atomic E-state index is 0.723. The van der Waals surface area contributed by atoms with Gasteiger partial charge in [-0.25, -0.2) is 0 Å². The molecule has 2 rings (SSSR count). The zero-order chi connectivity index (χ0) is 11.4. The summed E-state index contributed by atoms with van der Waals surface area (Å²) in [5.41, 5.74) is 8.28. The summed E-state index contributed by atoms with van der Waals surface area (Å²) in [4.78, 5) is 0. The van der Waals surface area contributed by atoms with Gasteiger partial charge < -0.3 is 10.3 Å². The number of fused-ring (bicyclic) bond motifs is 1. The molecule has 2 nitrogen and oxygen atoms in total. The van der Waals surface area contributed by atoms with E-state index < -0.39 is 0 Å². The average Bonchev–Trinajstić information content (AvgIpc) is 2.69. The lowest BCUT2D eigenvalue weighted by atomic mass is 10.1. The minimum Gasteiger partial charge on any atom is -0.347 e. The third kappa shape index (κ3) is 2.27. The molecule has 0 saturated carbocycles. The highest BCUT2D eigenvalue weighted by molar-refractivity contribution is 5.80. The van der Waals surface area contributed by atoms with Crippen molar-refractivity contribution in [2.24, 2.45) is 5.73 Å². The van der Waals surface area contributed by atoms with Crippen molar-refractivity contribution in [1.82, 2.24) is 4.57 Å². The van der Waals surface area contributed by atoms with Crippen LogP contribution in [0.2, 0.25) is 0 Å². The fourth-order valence-electron chi connectivity index (χ4n) is 2.08. The Kier molecular flexibility index (Phi) is 3.62. The van der Waals surface area contributed by atoms with E-state index in [0.29, 0.717) is 0 Å². The Bertz CT molecular complexity index is 457. The van der Waals surface area contributed by atoms with E-state index in [1.165, 1.54) is 29.3 Å². The molecule has 1 heterocycles. The van der Waals surface area contributed by atoms with Gasteiger partial charge in [-0.15, -0.1) is 0 Å². The fourth-order valence-corrected chi connectivity index (χ4v) is 2.08. The van der Waals surface area contributed by atoms with E-state index in [2.05, 4.69) is 42.0 Å².